The molecule has 1 fully saturated rings. The highest BCUT2D eigenvalue weighted by atomic mass is 16.2. The molecule has 0 aliphatic carbocycles. The van der Waals surface area contributed by atoms with E-state index in [2.05, 4.69) is 30.9 Å². The van der Waals surface area contributed by atoms with E-state index in [1.807, 2.05) is 38.1 Å². The van der Waals surface area contributed by atoms with Crippen molar-refractivity contribution in [2.24, 2.45) is 16.8 Å². The van der Waals surface area contributed by atoms with Crippen molar-refractivity contribution >= 4 is 35.0 Å². The van der Waals surface area contributed by atoms with Crippen molar-refractivity contribution in [3.8, 4) is 0 Å². The Bertz CT molecular complexity index is 934. The Labute approximate surface area is 181 Å². The number of rotatable bonds is 9. The Kier molecular flexibility index (Phi) is 7.38. The van der Waals surface area contributed by atoms with Gasteiger partial charge >= 0.3 is 0 Å². The molecule has 9 heteroatoms. The molecule has 3 rings (SSSR count). The fourth-order valence-corrected chi connectivity index (χ4v) is 3.79. The molecular formula is C22H30N6O3. The first-order valence-corrected chi connectivity index (χ1v) is 10.6. The molecule has 0 spiro atoms. The topological polar surface area (TPSA) is 128 Å². The Balaban J connectivity index is 1.69. The Morgan fingerprint density at radius 3 is 2.71 bits per heavy atom. The average molecular weight is 427 g/mol. The average Bonchev–Trinajstić information content (AvgIpc) is 3.33. The molecule has 31 heavy (non-hydrogen) atoms. The van der Waals surface area contributed by atoms with E-state index < -0.39 is 11.9 Å². The predicted octanol–water partition coefficient (Wildman–Crippen LogP) is 1.42. The van der Waals surface area contributed by atoms with Crippen LogP contribution in [0.25, 0.3) is 11.0 Å². The summed E-state index contributed by atoms with van der Waals surface area (Å²) in [6, 6.07) is 6.24. The number of imidazole rings is 1. The summed E-state index contributed by atoms with van der Waals surface area (Å²) in [7, 11) is 1.63. The fourth-order valence-electron chi connectivity index (χ4n) is 3.79. The maximum absolute atomic E-state index is 13.0. The van der Waals surface area contributed by atoms with E-state index in [1.54, 1.807) is 13.3 Å². The summed E-state index contributed by atoms with van der Waals surface area (Å²) < 4.78 is 0. The first-order valence-electron chi connectivity index (χ1n) is 10.6. The number of amides is 3. The van der Waals surface area contributed by atoms with Crippen LogP contribution < -0.4 is 16.0 Å². The molecule has 1 saturated heterocycles. The van der Waals surface area contributed by atoms with Gasteiger partial charge in [-0.1, -0.05) is 26.0 Å². The number of benzene rings is 1. The number of nitrogens with one attached hydrogen (secondary N) is 4. The van der Waals surface area contributed by atoms with Crippen LogP contribution in [0.1, 0.15) is 43.7 Å². The summed E-state index contributed by atoms with van der Waals surface area (Å²) in [5, 5.41) is 8.56. The van der Waals surface area contributed by atoms with Gasteiger partial charge in [-0.25, -0.2) is 4.98 Å². The predicted molar refractivity (Wildman–Crippen MR) is 119 cm³/mol. The maximum Gasteiger partial charge on any atom is 0.287 e. The number of aliphatic imine (C=N–C) groups is 1. The third kappa shape index (κ3) is 5.90. The summed E-state index contributed by atoms with van der Waals surface area (Å²) >= 11 is 0. The number of aromatic nitrogens is 2. The molecule has 0 unspecified atom stereocenters. The van der Waals surface area contributed by atoms with Crippen LogP contribution in [0, 0.1) is 11.8 Å². The van der Waals surface area contributed by atoms with Gasteiger partial charge in [0.25, 0.3) is 5.91 Å². The van der Waals surface area contributed by atoms with E-state index in [0.29, 0.717) is 24.9 Å². The van der Waals surface area contributed by atoms with Crippen molar-refractivity contribution in [3.05, 3.63) is 30.1 Å². The van der Waals surface area contributed by atoms with Gasteiger partial charge < -0.3 is 20.9 Å². The summed E-state index contributed by atoms with van der Waals surface area (Å²) in [6.45, 7) is 4.62. The van der Waals surface area contributed by atoms with Crippen LogP contribution in [0.15, 0.2) is 29.3 Å². The van der Waals surface area contributed by atoms with Gasteiger partial charge in [0.1, 0.15) is 6.04 Å². The lowest BCUT2D eigenvalue weighted by Crippen LogP contribution is -2.51. The zero-order valence-corrected chi connectivity index (χ0v) is 18.1. The SMILES string of the molecule is C/N=C\[C@H](C[C@@H]1CCNC1=O)NC(=O)[C@H](CC(C)C)NC(=O)c1nc2ccccc2[nH]1. The first-order chi connectivity index (χ1) is 14.9. The lowest BCUT2D eigenvalue weighted by atomic mass is 9.97. The standard InChI is InChI=1S/C22H30N6O3/c1-13(2)10-18(28-22(31)19-26-16-6-4-5-7-17(16)27-19)21(30)25-15(12-23-3)11-14-8-9-24-20(14)29/h4-7,12-15,18H,8-11H2,1-3H3,(H,24,29)(H,25,30)(H,26,27)(H,28,31)/b23-12-/t14-,15-,18-/m0/s1. The van der Waals surface area contributed by atoms with Gasteiger partial charge in [0.15, 0.2) is 5.82 Å². The molecule has 0 saturated carbocycles. The van der Waals surface area contributed by atoms with Crippen LogP contribution in [0.3, 0.4) is 0 Å². The summed E-state index contributed by atoms with van der Waals surface area (Å²) in [5.41, 5.74) is 1.44. The molecule has 2 heterocycles. The number of carbonyl (C=O) groups excluding carboxylic acids is 3. The van der Waals surface area contributed by atoms with Crippen molar-refractivity contribution in [1.29, 1.82) is 0 Å². The van der Waals surface area contributed by atoms with Gasteiger partial charge in [-0.2, -0.15) is 0 Å². The van der Waals surface area contributed by atoms with Crippen molar-refractivity contribution in [2.45, 2.75) is 45.2 Å². The molecule has 4 N–H and O–H groups in total. The minimum atomic E-state index is -0.731. The van der Waals surface area contributed by atoms with E-state index in [9.17, 15) is 14.4 Å². The Morgan fingerprint density at radius 2 is 2.06 bits per heavy atom. The highest BCUT2D eigenvalue weighted by molar-refractivity contribution is 5.97. The van der Waals surface area contributed by atoms with Crippen molar-refractivity contribution < 1.29 is 14.4 Å². The third-order valence-electron chi connectivity index (χ3n) is 5.29. The molecule has 0 radical (unpaired) electrons. The lowest BCUT2D eigenvalue weighted by molar-refractivity contribution is -0.125. The zero-order valence-electron chi connectivity index (χ0n) is 18.1. The quantitative estimate of drug-likeness (QED) is 0.452. The van der Waals surface area contributed by atoms with Crippen LogP contribution in [0.4, 0.5) is 0 Å². The largest absolute Gasteiger partial charge is 0.356 e. The maximum atomic E-state index is 13.0. The molecule has 9 nitrogen and oxygen atoms in total. The normalized spacial score (nSPS) is 18.3. The van der Waals surface area contributed by atoms with Crippen molar-refractivity contribution in [1.82, 2.24) is 25.9 Å². The molecule has 1 aliphatic heterocycles. The lowest BCUT2D eigenvalue weighted by Gasteiger charge is -2.23. The van der Waals surface area contributed by atoms with E-state index in [1.165, 1.54) is 0 Å². The van der Waals surface area contributed by atoms with E-state index in [0.717, 1.165) is 11.9 Å². The molecule has 3 amide bonds. The number of hydrogen-bond donors (Lipinski definition) is 4. The third-order valence-corrected chi connectivity index (χ3v) is 5.29. The van der Waals surface area contributed by atoms with Crippen LogP contribution in [0.5, 0.6) is 0 Å². The smallest absolute Gasteiger partial charge is 0.287 e. The molecular weight excluding hydrogens is 396 g/mol. The summed E-state index contributed by atoms with van der Waals surface area (Å²) in [4.78, 5) is 49.1. The minimum Gasteiger partial charge on any atom is -0.356 e. The fraction of sp³-hybridized carbons (Fsp3) is 0.500. The number of para-hydroxylation sites is 2. The van der Waals surface area contributed by atoms with Crippen LogP contribution in [0.2, 0.25) is 0 Å². The number of fused-ring (bicyclic) bond motifs is 1. The van der Waals surface area contributed by atoms with Gasteiger partial charge in [-0.15, -0.1) is 0 Å². The highest BCUT2D eigenvalue weighted by Gasteiger charge is 2.30. The van der Waals surface area contributed by atoms with Crippen LogP contribution in [-0.2, 0) is 9.59 Å². The molecule has 1 aliphatic rings. The van der Waals surface area contributed by atoms with E-state index in [-0.39, 0.29) is 35.5 Å². The molecule has 0 bridgehead atoms. The second-order valence-electron chi connectivity index (χ2n) is 8.29. The van der Waals surface area contributed by atoms with Gasteiger partial charge in [-0.3, -0.25) is 19.4 Å². The second kappa shape index (κ2) is 10.2. The monoisotopic (exact) mass is 426 g/mol. The van der Waals surface area contributed by atoms with Gasteiger partial charge in [0.05, 0.1) is 17.1 Å². The molecule has 1 aromatic heterocycles. The van der Waals surface area contributed by atoms with Crippen molar-refractivity contribution in [3.63, 3.8) is 0 Å². The zero-order chi connectivity index (χ0) is 22.4. The van der Waals surface area contributed by atoms with Gasteiger partial charge in [0.2, 0.25) is 11.8 Å². The number of carbonyl (C=O) groups is 3. The highest BCUT2D eigenvalue weighted by Crippen LogP contribution is 2.16. The van der Waals surface area contributed by atoms with Gasteiger partial charge in [-0.05, 0) is 37.3 Å². The minimum absolute atomic E-state index is 0.000621. The van der Waals surface area contributed by atoms with Gasteiger partial charge in [0, 0.05) is 25.7 Å². The van der Waals surface area contributed by atoms with Crippen LogP contribution in [-0.4, -0.2) is 59.6 Å². The molecule has 2 aromatic rings. The second-order valence-corrected chi connectivity index (χ2v) is 8.29. The molecule has 166 valence electrons. The first kappa shape index (κ1) is 22.5. The van der Waals surface area contributed by atoms with Crippen molar-refractivity contribution in [2.75, 3.05) is 13.6 Å². The Hall–Kier alpha value is -3.23. The molecule has 1 aromatic carbocycles. The van der Waals surface area contributed by atoms with E-state index in [4.69, 9.17) is 0 Å². The van der Waals surface area contributed by atoms with Crippen LogP contribution >= 0.6 is 0 Å². The van der Waals surface area contributed by atoms with E-state index >= 15 is 0 Å². The summed E-state index contributed by atoms with van der Waals surface area (Å²) in [6.07, 6.45) is 3.32. The number of hydrogen-bond acceptors (Lipinski definition) is 5. The number of nitrogens with zero attached hydrogens (tertiary/aromatic N) is 2. The summed E-state index contributed by atoms with van der Waals surface area (Å²) in [5.74, 6) is -0.547. The number of H-pyrrole nitrogens is 1. The number of aromatic amines is 1. The molecule has 3 atom stereocenters. The Morgan fingerprint density at radius 1 is 1.29 bits per heavy atom.